The van der Waals surface area contributed by atoms with Gasteiger partial charge in [0.25, 0.3) is 5.91 Å². The molecule has 2 amide bonds. The van der Waals surface area contributed by atoms with Crippen LogP contribution in [0.25, 0.3) is 0 Å². The van der Waals surface area contributed by atoms with Crippen LogP contribution < -0.4 is 10.2 Å². The van der Waals surface area contributed by atoms with Gasteiger partial charge in [0.15, 0.2) is 0 Å². The molecule has 9 heteroatoms. The van der Waals surface area contributed by atoms with Crippen molar-refractivity contribution in [1.82, 2.24) is 4.31 Å². The third kappa shape index (κ3) is 4.41. The summed E-state index contributed by atoms with van der Waals surface area (Å²) in [5.74, 6) is -0.382. The lowest BCUT2D eigenvalue weighted by molar-refractivity contribution is 0.102. The number of carbonyl (C=O) groups is 2. The number of rotatable bonds is 6. The van der Waals surface area contributed by atoms with Crippen molar-refractivity contribution < 1.29 is 22.7 Å². The summed E-state index contributed by atoms with van der Waals surface area (Å²) in [4.78, 5) is 25.8. The molecule has 154 valence electrons. The van der Waals surface area contributed by atoms with Crippen LogP contribution in [0.5, 0.6) is 0 Å². The number of hydrogen-bond acceptors (Lipinski definition) is 5. The smallest absolute Gasteiger partial charge is 0.414 e. The lowest BCUT2D eigenvalue weighted by Gasteiger charge is -2.21. The third-order valence-corrected chi connectivity index (χ3v) is 6.75. The number of nitrogens with zero attached hydrogens (tertiary/aromatic N) is 2. The van der Waals surface area contributed by atoms with E-state index in [2.05, 4.69) is 5.32 Å². The Morgan fingerprint density at radius 2 is 1.86 bits per heavy atom. The van der Waals surface area contributed by atoms with Crippen molar-refractivity contribution in [3.63, 3.8) is 0 Å². The maximum atomic E-state index is 12.5. The number of cyclic esters (lactones) is 1. The topological polar surface area (TPSA) is 96.0 Å². The predicted molar refractivity (Wildman–Crippen MR) is 110 cm³/mol. The van der Waals surface area contributed by atoms with Gasteiger partial charge in [0, 0.05) is 30.0 Å². The number of carbonyl (C=O) groups excluding carboxylic acids is 2. The van der Waals surface area contributed by atoms with Crippen molar-refractivity contribution >= 4 is 33.4 Å². The van der Waals surface area contributed by atoms with E-state index >= 15 is 0 Å². The number of hydrogen-bond donors (Lipinski definition) is 1. The van der Waals surface area contributed by atoms with Crippen LogP contribution in [0, 0.1) is 0 Å². The summed E-state index contributed by atoms with van der Waals surface area (Å²) in [5, 5.41) is 2.76. The summed E-state index contributed by atoms with van der Waals surface area (Å²) in [5.41, 5.74) is 1.47. The normalized spacial score (nSPS) is 14.4. The lowest BCUT2D eigenvalue weighted by Crippen LogP contribution is -2.33. The maximum absolute atomic E-state index is 12.5. The molecule has 0 spiro atoms. The number of sulfonamides is 1. The van der Waals surface area contributed by atoms with Crippen molar-refractivity contribution in [3.05, 3.63) is 54.1 Å². The van der Waals surface area contributed by atoms with Gasteiger partial charge in [-0.25, -0.2) is 13.2 Å². The van der Waals surface area contributed by atoms with Gasteiger partial charge in [-0.1, -0.05) is 6.07 Å². The van der Waals surface area contributed by atoms with Gasteiger partial charge in [-0.15, -0.1) is 0 Å². The average molecular weight is 417 g/mol. The molecular formula is C20H23N3O5S. The van der Waals surface area contributed by atoms with Gasteiger partial charge in [0.2, 0.25) is 10.0 Å². The molecule has 1 aliphatic rings. The predicted octanol–water partition coefficient (Wildman–Crippen LogP) is 2.92. The summed E-state index contributed by atoms with van der Waals surface area (Å²) in [6.07, 6.45) is -0.420. The first-order valence-corrected chi connectivity index (χ1v) is 10.6. The van der Waals surface area contributed by atoms with Crippen LogP contribution in [0.1, 0.15) is 24.2 Å². The van der Waals surface area contributed by atoms with Gasteiger partial charge < -0.3 is 10.1 Å². The highest BCUT2D eigenvalue weighted by molar-refractivity contribution is 7.89. The van der Waals surface area contributed by atoms with E-state index < -0.39 is 16.1 Å². The second-order valence-electron chi connectivity index (χ2n) is 6.91. The Labute approximate surface area is 170 Å². The van der Waals surface area contributed by atoms with Gasteiger partial charge in [-0.2, -0.15) is 4.31 Å². The summed E-state index contributed by atoms with van der Waals surface area (Å²) in [6.45, 7) is 4.36. The average Bonchev–Trinajstić information content (AvgIpc) is 3.13. The Bertz CT molecular complexity index is 1020. The molecule has 0 aliphatic carbocycles. The van der Waals surface area contributed by atoms with Gasteiger partial charge in [0.05, 0.1) is 11.4 Å². The van der Waals surface area contributed by atoms with Crippen molar-refractivity contribution in [3.8, 4) is 0 Å². The number of nitrogens with one attached hydrogen (secondary N) is 1. The van der Waals surface area contributed by atoms with Gasteiger partial charge in [-0.05, 0) is 56.3 Å². The number of amides is 2. The second-order valence-corrected chi connectivity index (χ2v) is 8.91. The molecule has 0 bridgehead atoms. The second kappa shape index (κ2) is 8.22. The molecule has 29 heavy (non-hydrogen) atoms. The zero-order valence-corrected chi connectivity index (χ0v) is 17.3. The van der Waals surface area contributed by atoms with E-state index in [1.165, 1.54) is 40.5 Å². The summed E-state index contributed by atoms with van der Waals surface area (Å²) in [6, 6.07) is 12.5. The first-order chi connectivity index (χ1) is 13.7. The fourth-order valence-corrected chi connectivity index (χ4v) is 4.17. The van der Waals surface area contributed by atoms with E-state index in [1.807, 2.05) is 0 Å². The van der Waals surface area contributed by atoms with E-state index in [4.69, 9.17) is 4.74 Å². The Morgan fingerprint density at radius 1 is 1.17 bits per heavy atom. The van der Waals surface area contributed by atoms with E-state index in [0.29, 0.717) is 30.1 Å². The Morgan fingerprint density at radius 3 is 2.45 bits per heavy atom. The first-order valence-electron chi connectivity index (χ1n) is 9.14. The van der Waals surface area contributed by atoms with E-state index in [-0.39, 0.29) is 16.8 Å². The van der Waals surface area contributed by atoms with Crippen molar-refractivity contribution in [2.45, 2.75) is 24.8 Å². The molecule has 1 saturated heterocycles. The standard InChI is InChI=1S/C20H23N3O5S/c1-14(2)22(3)29(26,27)18-9-7-15(8-10-18)19(24)21-16-5-4-6-17(13-16)23-11-12-28-20(23)25/h4-10,13-14H,11-12H2,1-3H3,(H,21,24). The minimum Gasteiger partial charge on any atom is -0.447 e. The molecule has 1 N–H and O–H groups in total. The Hall–Kier alpha value is -2.91. The molecule has 0 atom stereocenters. The molecule has 8 nitrogen and oxygen atoms in total. The fourth-order valence-electron chi connectivity index (χ4n) is 2.80. The molecule has 1 aliphatic heterocycles. The lowest BCUT2D eigenvalue weighted by atomic mass is 10.2. The van der Waals surface area contributed by atoms with Crippen LogP contribution in [-0.2, 0) is 14.8 Å². The highest BCUT2D eigenvalue weighted by Gasteiger charge is 2.24. The largest absolute Gasteiger partial charge is 0.447 e. The highest BCUT2D eigenvalue weighted by atomic mass is 32.2. The Balaban J connectivity index is 1.74. The van der Waals surface area contributed by atoms with Gasteiger partial charge in [0.1, 0.15) is 6.61 Å². The van der Waals surface area contributed by atoms with E-state index in [0.717, 1.165) is 0 Å². The van der Waals surface area contributed by atoms with Crippen LogP contribution in [-0.4, -0.2) is 51.0 Å². The highest BCUT2D eigenvalue weighted by Crippen LogP contribution is 2.23. The van der Waals surface area contributed by atoms with Crippen LogP contribution in [0.4, 0.5) is 16.2 Å². The minimum atomic E-state index is -3.61. The van der Waals surface area contributed by atoms with E-state index in [9.17, 15) is 18.0 Å². The minimum absolute atomic E-state index is 0.125. The number of benzene rings is 2. The number of ether oxygens (including phenoxy) is 1. The zero-order chi connectivity index (χ0) is 21.2. The summed E-state index contributed by atoms with van der Waals surface area (Å²) < 4.78 is 31.2. The zero-order valence-electron chi connectivity index (χ0n) is 16.5. The van der Waals surface area contributed by atoms with Crippen molar-refractivity contribution in [1.29, 1.82) is 0 Å². The molecular weight excluding hydrogens is 394 g/mol. The van der Waals surface area contributed by atoms with Crippen LogP contribution in [0.3, 0.4) is 0 Å². The maximum Gasteiger partial charge on any atom is 0.414 e. The molecule has 2 aromatic carbocycles. The molecule has 0 radical (unpaired) electrons. The third-order valence-electron chi connectivity index (χ3n) is 4.70. The molecule has 1 heterocycles. The fraction of sp³-hybridized carbons (Fsp3) is 0.300. The molecule has 0 saturated carbocycles. The van der Waals surface area contributed by atoms with Crippen molar-refractivity contribution in [2.75, 3.05) is 30.4 Å². The van der Waals surface area contributed by atoms with Crippen LogP contribution in [0.2, 0.25) is 0 Å². The molecule has 0 aromatic heterocycles. The van der Waals surface area contributed by atoms with Gasteiger partial charge in [-0.3, -0.25) is 9.69 Å². The first kappa shape index (κ1) is 20.8. The molecule has 2 aromatic rings. The SMILES string of the molecule is CC(C)N(C)S(=O)(=O)c1ccc(C(=O)Nc2cccc(N3CCOC3=O)c2)cc1. The van der Waals surface area contributed by atoms with E-state index in [1.54, 1.807) is 38.1 Å². The summed E-state index contributed by atoms with van der Waals surface area (Å²) in [7, 11) is -2.09. The molecule has 1 fully saturated rings. The molecule has 0 unspecified atom stereocenters. The number of anilines is 2. The van der Waals surface area contributed by atoms with Crippen molar-refractivity contribution in [2.24, 2.45) is 0 Å². The van der Waals surface area contributed by atoms with Crippen LogP contribution in [0.15, 0.2) is 53.4 Å². The Kier molecular flexibility index (Phi) is 5.90. The van der Waals surface area contributed by atoms with Crippen LogP contribution >= 0.6 is 0 Å². The quantitative estimate of drug-likeness (QED) is 0.780. The monoisotopic (exact) mass is 417 g/mol. The molecule has 3 rings (SSSR count). The summed E-state index contributed by atoms with van der Waals surface area (Å²) >= 11 is 0. The van der Waals surface area contributed by atoms with Gasteiger partial charge >= 0.3 is 6.09 Å².